The molecule has 3 N–H and O–H groups in total. The van der Waals surface area contributed by atoms with Crippen LogP contribution in [0, 0.1) is 5.92 Å². The summed E-state index contributed by atoms with van der Waals surface area (Å²) in [4.78, 5) is 12.3. The van der Waals surface area contributed by atoms with E-state index in [1.165, 1.54) is 32.1 Å². The monoisotopic (exact) mass is 268 g/mol. The van der Waals surface area contributed by atoms with E-state index in [0.717, 1.165) is 12.3 Å². The van der Waals surface area contributed by atoms with Crippen LogP contribution in [-0.2, 0) is 4.79 Å². The molecule has 0 radical (unpaired) electrons. The lowest BCUT2D eigenvalue weighted by Gasteiger charge is -2.40. The van der Waals surface area contributed by atoms with Gasteiger partial charge >= 0.3 is 0 Å². The van der Waals surface area contributed by atoms with Crippen LogP contribution in [0.3, 0.4) is 0 Å². The maximum Gasteiger partial charge on any atom is 0.237 e. The van der Waals surface area contributed by atoms with Crippen LogP contribution in [0.2, 0.25) is 0 Å². The molecule has 1 heterocycles. The molecule has 2 aliphatic rings. The molecule has 0 aromatic rings. The van der Waals surface area contributed by atoms with E-state index in [4.69, 9.17) is 5.11 Å². The van der Waals surface area contributed by atoms with Gasteiger partial charge in [-0.2, -0.15) is 0 Å². The standard InChI is InChI=1S/C15H28N2O2/c1-15(2,9-10-18)17-14(19)13-8-7-11-5-3-4-6-12(11)16-13/h11-13,16,18H,3-10H2,1-2H3,(H,17,19). The van der Waals surface area contributed by atoms with Crippen LogP contribution in [0.5, 0.6) is 0 Å². The van der Waals surface area contributed by atoms with E-state index in [1.807, 2.05) is 13.8 Å². The number of piperidine rings is 1. The lowest BCUT2D eigenvalue weighted by atomic mass is 9.77. The van der Waals surface area contributed by atoms with E-state index in [2.05, 4.69) is 10.6 Å². The first-order valence-electron chi connectivity index (χ1n) is 7.71. The Kier molecular flexibility index (Phi) is 4.85. The van der Waals surface area contributed by atoms with Gasteiger partial charge in [-0.15, -0.1) is 0 Å². The Morgan fingerprint density at radius 3 is 2.74 bits per heavy atom. The van der Waals surface area contributed by atoms with Gasteiger partial charge < -0.3 is 15.7 Å². The third kappa shape index (κ3) is 3.93. The van der Waals surface area contributed by atoms with Gasteiger partial charge in [0.2, 0.25) is 5.91 Å². The molecule has 3 atom stereocenters. The fourth-order valence-corrected chi connectivity index (χ4v) is 3.46. The molecular formula is C15H28N2O2. The van der Waals surface area contributed by atoms with Crippen LogP contribution in [-0.4, -0.2) is 35.2 Å². The molecule has 0 bridgehead atoms. The van der Waals surface area contributed by atoms with Gasteiger partial charge in [-0.1, -0.05) is 12.8 Å². The maximum absolute atomic E-state index is 12.3. The Bertz CT molecular complexity index is 317. The van der Waals surface area contributed by atoms with Crippen LogP contribution < -0.4 is 10.6 Å². The van der Waals surface area contributed by atoms with Crippen LogP contribution in [0.1, 0.15) is 58.8 Å². The quantitative estimate of drug-likeness (QED) is 0.725. The normalized spacial score (nSPS) is 31.6. The summed E-state index contributed by atoms with van der Waals surface area (Å²) < 4.78 is 0. The second-order valence-electron chi connectivity index (χ2n) is 6.79. The summed E-state index contributed by atoms with van der Waals surface area (Å²) in [6, 6.07) is 0.497. The predicted octanol–water partition coefficient (Wildman–Crippen LogP) is 1.57. The highest BCUT2D eigenvalue weighted by Crippen LogP contribution is 2.32. The highest BCUT2D eigenvalue weighted by molar-refractivity contribution is 5.82. The lowest BCUT2D eigenvalue weighted by molar-refractivity contribution is -0.126. The maximum atomic E-state index is 12.3. The molecule has 4 nitrogen and oxygen atoms in total. The molecule has 1 amide bonds. The summed E-state index contributed by atoms with van der Waals surface area (Å²) in [6.07, 6.45) is 7.90. The van der Waals surface area contributed by atoms with Crippen molar-refractivity contribution in [1.29, 1.82) is 0 Å². The highest BCUT2D eigenvalue weighted by atomic mass is 16.3. The number of amides is 1. The third-order valence-corrected chi connectivity index (χ3v) is 4.67. The summed E-state index contributed by atoms with van der Waals surface area (Å²) in [5.74, 6) is 0.880. The minimum absolute atomic E-state index is 0.0442. The van der Waals surface area contributed by atoms with Crippen molar-refractivity contribution in [1.82, 2.24) is 10.6 Å². The molecule has 1 saturated heterocycles. The van der Waals surface area contributed by atoms with E-state index >= 15 is 0 Å². The largest absolute Gasteiger partial charge is 0.396 e. The van der Waals surface area contributed by atoms with E-state index in [1.54, 1.807) is 0 Å². The van der Waals surface area contributed by atoms with Gasteiger partial charge in [-0.3, -0.25) is 4.79 Å². The molecule has 0 aromatic heterocycles. The number of aliphatic hydroxyl groups is 1. The van der Waals surface area contributed by atoms with Crippen molar-refractivity contribution in [2.75, 3.05) is 6.61 Å². The van der Waals surface area contributed by atoms with Crippen LogP contribution in [0.15, 0.2) is 0 Å². The number of rotatable bonds is 4. The number of aliphatic hydroxyl groups excluding tert-OH is 1. The average molecular weight is 268 g/mol. The van der Waals surface area contributed by atoms with Crippen molar-refractivity contribution in [3.05, 3.63) is 0 Å². The highest BCUT2D eigenvalue weighted by Gasteiger charge is 2.35. The van der Waals surface area contributed by atoms with Gasteiger partial charge in [0.15, 0.2) is 0 Å². The van der Waals surface area contributed by atoms with Gasteiger partial charge in [0.25, 0.3) is 0 Å². The molecule has 110 valence electrons. The Labute approximate surface area is 116 Å². The van der Waals surface area contributed by atoms with Crippen molar-refractivity contribution >= 4 is 5.91 Å². The zero-order chi connectivity index (χ0) is 13.9. The second kappa shape index (κ2) is 6.23. The van der Waals surface area contributed by atoms with E-state index in [9.17, 15) is 4.79 Å². The number of nitrogens with one attached hydrogen (secondary N) is 2. The van der Waals surface area contributed by atoms with Crippen molar-refractivity contribution < 1.29 is 9.90 Å². The molecule has 1 aliphatic carbocycles. The van der Waals surface area contributed by atoms with E-state index in [-0.39, 0.29) is 24.1 Å². The number of hydrogen-bond acceptors (Lipinski definition) is 3. The Hall–Kier alpha value is -0.610. The fourth-order valence-electron chi connectivity index (χ4n) is 3.46. The van der Waals surface area contributed by atoms with Crippen molar-refractivity contribution in [2.45, 2.75) is 76.4 Å². The number of carbonyl (C=O) groups excluding carboxylic acids is 1. The molecule has 1 aliphatic heterocycles. The molecule has 0 aromatic carbocycles. The number of carbonyl (C=O) groups is 1. The first-order valence-corrected chi connectivity index (χ1v) is 7.71. The summed E-state index contributed by atoms with van der Waals surface area (Å²) in [6.45, 7) is 4.04. The minimum atomic E-state index is -0.322. The smallest absolute Gasteiger partial charge is 0.237 e. The van der Waals surface area contributed by atoms with Crippen LogP contribution >= 0.6 is 0 Å². The molecule has 2 rings (SSSR count). The van der Waals surface area contributed by atoms with E-state index < -0.39 is 0 Å². The molecule has 0 spiro atoms. The first kappa shape index (κ1) is 14.8. The summed E-state index contributed by atoms with van der Waals surface area (Å²) >= 11 is 0. The Morgan fingerprint density at radius 2 is 2.00 bits per heavy atom. The number of fused-ring (bicyclic) bond motifs is 1. The Morgan fingerprint density at radius 1 is 1.26 bits per heavy atom. The van der Waals surface area contributed by atoms with E-state index in [0.29, 0.717) is 12.5 Å². The topological polar surface area (TPSA) is 61.4 Å². The summed E-state index contributed by atoms with van der Waals surface area (Å²) in [5.41, 5.74) is -0.322. The van der Waals surface area contributed by atoms with Gasteiger partial charge in [0, 0.05) is 18.2 Å². The average Bonchev–Trinajstić information content (AvgIpc) is 2.37. The second-order valence-corrected chi connectivity index (χ2v) is 6.79. The zero-order valence-electron chi connectivity index (χ0n) is 12.2. The number of hydrogen-bond donors (Lipinski definition) is 3. The lowest BCUT2D eigenvalue weighted by Crippen LogP contribution is -2.58. The molecular weight excluding hydrogens is 240 g/mol. The van der Waals surface area contributed by atoms with Crippen LogP contribution in [0.25, 0.3) is 0 Å². The zero-order valence-corrected chi connectivity index (χ0v) is 12.2. The molecule has 2 fully saturated rings. The first-order chi connectivity index (χ1) is 9.02. The summed E-state index contributed by atoms with van der Waals surface area (Å²) in [7, 11) is 0. The predicted molar refractivity (Wildman–Crippen MR) is 75.8 cm³/mol. The molecule has 1 saturated carbocycles. The SMILES string of the molecule is CC(C)(CCO)NC(=O)C1CCC2CCCCC2N1. The van der Waals surface area contributed by atoms with Gasteiger partial charge in [0.05, 0.1) is 6.04 Å². The Balaban J connectivity index is 1.86. The van der Waals surface area contributed by atoms with Gasteiger partial charge in [-0.05, 0) is 51.9 Å². The van der Waals surface area contributed by atoms with Crippen molar-refractivity contribution in [3.8, 4) is 0 Å². The van der Waals surface area contributed by atoms with Gasteiger partial charge in [-0.25, -0.2) is 0 Å². The van der Waals surface area contributed by atoms with Crippen molar-refractivity contribution in [3.63, 3.8) is 0 Å². The molecule has 4 heteroatoms. The third-order valence-electron chi connectivity index (χ3n) is 4.67. The minimum Gasteiger partial charge on any atom is -0.396 e. The van der Waals surface area contributed by atoms with Gasteiger partial charge in [0.1, 0.15) is 0 Å². The fraction of sp³-hybridized carbons (Fsp3) is 0.933. The van der Waals surface area contributed by atoms with Crippen LogP contribution in [0.4, 0.5) is 0 Å². The summed E-state index contributed by atoms with van der Waals surface area (Å²) in [5, 5.41) is 15.6. The van der Waals surface area contributed by atoms with Crippen molar-refractivity contribution in [2.24, 2.45) is 5.92 Å². The molecule has 19 heavy (non-hydrogen) atoms. The molecule has 3 unspecified atom stereocenters.